The van der Waals surface area contributed by atoms with Crippen LogP contribution in [-0.2, 0) is 9.59 Å². The van der Waals surface area contributed by atoms with Gasteiger partial charge in [-0.2, -0.15) is 0 Å². The van der Waals surface area contributed by atoms with E-state index in [4.69, 9.17) is 27.9 Å². The summed E-state index contributed by atoms with van der Waals surface area (Å²) in [5, 5.41) is 9.29. The van der Waals surface area contributed by atoms with Gasteiger partial charge in [0.2, 0.25) is 5.91 Å². The third-order valence-electron chi connectivity index (χ3n) is 5.61. The molecule has 10 heteroatoms. The van der Waals surface area contributed by atoms with Gasteiger partial charge in [0.1, 0.15) is 11.4 Å². The highest BCUT2D eigenvalue weighted by Gasteiger charge is 2.15. The predicted octanol–water partition coefficient (Wildman–Crippen LogP) is 7.14. The summed E-state index contributed by atoms with van der Waals surface area (Å²) in [7, 11) is 1.52. The Labute approximate surface area is 251 Å². The maximum Gasteiger partial charge on any atom is 0.272 e. The maximum absolute atomic E-state index is 13.2. The lowest BCUT2D eigenvalue weighted by molar-refractivity contribution is -0.114. The van der Waals surface area contributed by atoms with Crippen LogP contribution in [0.25, 0.3) is 6.08 Å². The van der Waals surface area contributed by atoms with Crippen LogP contribution in [0, 0.1) is 0 Å². The average molecular weight is 607 g/mol. The second-order valence-corrected chi connectivity index (χ2v) is 10.5. The van der Waals surface area contributed by atoms with Crippen LogP contribution in [0.15, 0.2) is 108 Å². The molecule has 0 saturated carbocycles. The summed E-state index contributed by atoms with van der Waals surface area (Å²) in [6.07, 6.45) is 1.56. The van der Waals surface area contributed by atoms with E-state index in [9.17, 15) is 14.4 Å². The molecule has 0 radical (unpaired) electrons. The lowest BCUT2D eigenvalue weighted by Crippen LogP contribution is -2.30. The van der Waals surface area contributed by atoms with Gasteiger partial charge in [-0.1, -0.05) is 53.5 Å². The fourth-order valence-electron chi connectivity index (χ4n) is 3.65. The minimum Gasteiger partial charge on any atom is -0.495 e. The van der Waals surface area contributed by atoms with Gasteiger partial charge in [-0.25, -0.2) is 0 Å². The first-order valence-electron chi connectivity index (χ1n) is 12.3. The molecule has 0 atom stereocenters. The number of carbonyl (C=O) groups is 3. The largest absolute Gasteiger partial charge is 0.495 e. The average Bonchev–Trinajstić information content (AvgIpc) is 2.97. The van der Waals surface area contributed by atoms with Gasteiger partial charge < -0.3 is 20.7 Å². The van der Waals surface area contributed by atoms with Crippen molar-refractivity contribution in [2.24, 2.45) is 0 Å². The SMILES string of the molecule is COc1ccc(Cl)cc1NC(=O)CSc1ccc(NC(=O)/C(=C/c2cccc(Cl)c2)NC(=O)c2ccccc2)cc1. The number of thioether (sulfide) groups is 1. The standard InChI is InChI=1S/C31H25Cl2N3O4S/c1-40-28-15-10-23(33)18-26(28)35-29(37)19-41-25-13-11-24(12-14-25)34-31(39)27(17-20-6-5-9-22(32)16-20)36-30(38)21-7-3-2-4-8-21/h2-18H,19H2,1H3,(H,34,39)(H,35,37)(H,36,38)/b27-17-. The second kappa shape index (κ2) is 14.4. The Kier molecular flexibility index (Phi) is 10.5. The van der Waals surface area contributed by atoms with Crippen LogP contribution in [0.3, 0.4) is 0 Å². The molecular weight excluding hydrogens is 581 g/mol. The second-order valence-electron chi connectivity index (χ2n) is 8.59. The molecular formula is C31H25Cl2N3O4S. The smallest absolute Gasteiger partial charge is 0.272 e. The Bertz CT molecular complexity index is 1580. The number of amides is 3. The van der Waals surface area contributed by atoms with E-state index < -0.39 is 11.8 Å². The molecule has 0 saturated heterocycles. The van der Waals surface area contributed by atoms with E-state index in [1.807, 2.05) is 0 Å². The minimum absolute atomic E-state index is 0.0488. The molecule has 41 heavy (non-hydrogen) atoms. The number of hydrogen-bond donors (Lipinski definition) is 3. The summed E-state index contributed by atoms with van der Waals surface area (Å²) in [4.78, 5) is 39.3. The van der Waals surface area contributed by atoms with Gasteiger partial charge in [0.25, 0.3) is 11.8 Å². The van der Waals surface area contributed by atoms with Gasteiger partial charge in [-0.15, -0.1) is 11.8 Å². The summed E-state index contributed by atoms with van der Waals surface area (Å²) < 4.78 is 5.26. The maximum atomic E-state index is 13.2. The fraction of sp³-hybridized carbons (Fsp3) is 0.0645. The van der Waals surface area contributed by atoms with Crippen LogP contribution in [0.1, 0.15) is 15.9 Å². The van der Waals surface area contributed by atoms with Gasteiger partial charge in [0.15, 0.2) is 0 Å². The van der Waals surface area contributed by atoms with Gasteiger partial charge in [0.05, 0.1) is 18.6 Å². The summed E-state index contributed by atoms with van der Waals surface area (Å²) in [6, 6.07) is 27.5. The Balaban J connectivity index is 1.40. The third kappa shape index (κ3) is 8.88. The van der Waals surface area contributed by atoms with Crippen LogP contribution >= 0.6 is 35.0 Å². The lowest BCUT2D eigenvalue weighted by Gasteiger charge is -2.12. The molecule has 4 aromatic rings. The van der Waals surface area contributed by atoms with Crippen molar-refractivity contribution in [1.82, 2.24) is 5.32 Å². The van der Waals surface area contributed by atoms with E-state index in [-0.39, 0.29) is 17.4 Å². The monoisotopic (exact) mass is 605 g/mol. The van der Waals surface area contributed by atoms with Crippen LogP contribution in [0.4, 0.5) is 11.4 Å². The Morgan fingerprint density at radius 2 is 1.56 bits per heavy atom. The first-order chi connectivity index (χ1) is 19.8. The van der Waals surface area contributed by atoms with Crippen molar-refractivity contribution in [2.75, 3.05) is 23.5 Å². The van der Waals surface area contributed by atoms with Crippen molar-refractivity contribution >= 4 is 70.1 Å². The van der Waals surface area contributed by atoms with E-state index in [2.05, 4.69) is 16.0 Å². The first kappa shape index (κ1) is 29.7. The molecule has 0 aromatic heterocycles. The number of halogens is 2. The number of hydrogen-bond acceptors (Lipinski definition) is 5. The quantitative estimate of drug-likeness (QED) is 0.132. The van der Waals surface area contributed by atoms with E-state index in [1.165, 1.54) is 18.9 Å². The Morgan fingerprint density at radius 1 is 0.829 bits per heavy atom. The molecule has 4 aromatic carbocycles. The lowest BCUT2D eigenvalue weighted by atomic mass is 10.1. The number of ether oxygens (including phenoxy) is 1. The normalized spacial score (nSPS) is 11.0. The number of carbonyl (C=O) groups excluding carboxylic acids is 3. The van der Waals surface area contributed by atoms with E-state index in [0.717, 1.165) is 4.90 Å². The van der Waals surface area contributed by atoms with Crippen molar-refractivity contribution in [3.05, 3.63) is 124 Å². The highest BCUT2D eigenvalue weighted by atomic mass is 35.5. The van der Waals surface area contributed by atoms with Crippen molar-refractivity contribution in [2.45, 2.75) is 4.90 Å². The molecule has 0 unspecified atom stereocenters. The topological polar surface area (TPSA) is 96.5 Å². The molecule has 0 aliphatic heterocycles. The molecule has 3 N–H and O–H groups in total. The van der Waals surface area contributed by atoms with Gasteiger partial charge in [-0.3, -0.25) is 14.4 Å². The van der Waals surface area contributed by atoms with Crippen LogP contribution in [0.5, 0.6) is 5.75 Å². The number of methoxy groups -OCH3 is 1. The van der Waals surface area contributed by atoms with Crippen molar-refractivity contribution in [3.8, 4) is 5.75 Å². The van der Waals surface area contributed by atoms with Crippen molar-refractivity contribution in [3.63, 3.8) is 0 Å². The summed E-state index contributed by atoms with van der Waals surface area (Å²) in [5.74, 6) is -0.493. The Hall–Kier alpha value is -4.24. The van der Waals surface area contributed by atoms with Gasteiger partial charge in [0, 0.05) is 26.2 Å². The highest BCUT2D eigenvalue weighted by Crippen LogP contribution is 2.28. The molecule has 4 rings (SSSR count). The zero-order valence-electron chi connectivity index (χ0n) is 21.8. The summed E-state index contributed by atoms with van der Waals surface area (Å²) in [6.45, 7) is 0. The molecule has 0 heterocycles. The molecule has 0 spiro atoms. The van der Waals surface area contributed by atoms with Crippen molar-refractivity contribution < 1.29 is 19.1 Å². The number of benzene rings is 4. The van der Waals surface area contributed by atoms with Crippen LogP contribution in [0.2, 0.25) is 10.0 Å². The van der Waals surface area contributed by atoms with Gasteiger partial charge >= 0.3 is 0 Å². The summed E-state index contributed by atoms with van der Waals surface area (Å²) >= 11 is 13.5. The number of nitrogens with one attached hydrogen (secondary N) is 3. The molecule has 0 bridgehead atoms. The highest BCUT2D eigenvalue weighted by molar-refractivity contribution is 8.00. The van der Waals surface area contributed by atoms with E-state index in [0.29, 0.717) is 38.3 Å². The molecule has 0 fully saturated rings. The Morgan fingerprint density at radius 3 is 2.27 bits per heavy atom. The molecule has 7 nitrogen and oxygen atoms in total. The zero-order valence-corrected chi connectivity index (χ0v) is 24.1. The number of rotatable bonds is 10. The van der Waals surface area contributed by atoms with E-state index in [1.54, 1.807) is 103 Å². The minimum atomic E-state index is -0.510. The fourth-order valence-corrected chi connectivity index (χ4v) is 4.72. The molecule has 0 aliphatic rings. The van der Waals surface area contributed by atoms with E-state index >= 15 is 0 Å². The summed E-state index contributed by atoms with van der Waals surface area (Å²) in [5.41, 5.74) is 2.11. The van der Waals surface area contributed by atoms with Crippen LogP contribution < -0.4 is 20.7 Å². The van der Waals surface area contributed by atoms with Crippen LogP contribution in [-0.4, -0.2) is 30.6 Å². The number of anilines is 2. The first-order valence-corrected chi connectivity index (χ1v) is 14.1. The zero-order chi connectivity index (χ0) is 29.2. The van der Waals surface area contributed by atoms with Crippen molar-refractivity contribution in [1.29, 1.82) is 0 Å². The van der Waals surface area contributed by atoms with Gasteiger partial charge in [-0.05, 0) is 78.4 Å². The molecule has 0 aliphatic carbocycles. The molecule has 208 valence electrons. The third-order valence-corrected chi connectivity index (χ3v) is 7.09. The predicted molar refractivity (Wildman–Crippen MR) is 166 cm³/mol. The molecule has 3 amide bonds.